The van der Waals surface area contributed by atoms with Crippen molar-refractivity contribution >= 4 is 60.9 Å². The predicted molar refractivity (Wildman–Crippen MR) is 127 cm³/mol. The summed E-state index contributed by atoms with van der Waals surface area (Å²) in [7, 11) is -3.88. The largest absolute Gasteiger partial charge is 0.381 e. The summed E-state index contributed by atoms with van der Waals surface area (Å²) in [5, 5.41) is 7.64. The van der Waals surface area contributed by atoms with Gasteiger partial charge in [0.05, 0.1) is 10.2 Å². The minimum absolute atomic E-state index is 0.162. The number of piperidine rings is 1. The number of likely N-dealkylation sites (tertiary alicyclic amines) is 1. The van der Waals surface area contributed by atoms with Crippen molar-refractivity contribution in [2.24, 2.45) is 21.8 Å². The molecule has 0 aliphatic carbocycles. The number of urea groups is 1. The lowest BCUT2D eigenvalue weighted by atomic mass is 9.92. The van der Waals surface area contributed by atoms with Crippen LogP contribution < -0.4 is 20.9 Å². The molecule has 3 rings (SSSR count). The average molecular weight is 541 g/mol. The molecule has 0 unspecified atom stereocenters. The SMILES string of the molecule is NC(=Nc1ccc(F)c(Br)c1)C(=O)C1CCN(C(=O)Nc2ccc(NS(N)(=O)=O)cc2)CC1. The topological polar surface area (TPSA) is 160 Å². The number of hydrogen-bond donors (Lipinski definition) is 4. The van der Waals surface area contributed by atoms with Gasteiger partial charge >= 0.3 is 6.03 Å². The van der Waals surface area contributed by atoms with Crippen LogP contribution in [0.5, 0.6) is 0 Å². The molecule has 33 heavy (non-hydrogen) atoms. The third kappa shape index (κ3) is 6.97. The van der Waals surface area contributed by atoms with Gasteiger partial charge in [0.15, 0.2) is 5.84 Å². The van der Waals surface area contributed by atoms with Crippen LogP contribution in [-0.2, 0) is 15.0 Å². The summed E-state index contributed by atoms with van der Waals surface area (Å²) in [5.74, 6) is -1.29. The van der Waals surface area contributed by atoms with Crippen LogP contribution in [0.25, 0.3) is 0 Å². The van der Waals surface area contributed by atoms with Gasteiger partial charge in [0.1, 0.15) is 5.82 Å². The van der Waals surface area contributed by atoms with E-state index in [1.165, 1.54) is 42.5 Å². The fourth-order valence-corrected chi connectivity index (χ4v) is 4.12. The summed E-state index contributed by atoms with van der Waals surface area (Å²) in [6.45, 7) is 0.700. The first-order chi connectivity index (χ1) is 15.5. The monoisotopic (exact) mass is 540 g/mol. The fourth-order valence-electron chi connectivity index (χ4n) is 3.29. The summed E-state index contributed by atoms with van der Waals surface area (Å²) in [6.07, 6.45) is 0.847. The van der Waals surface area contributed by atoms with Crippen LogP contribution in [0.2, 0.25) is 0 Å². The normalized spacial score (nSPS) is 15.2. The zero-order chi connectivity index (χ0) is 24.2. The molecule has 2 amide bonds. The van der Waals surface area contributed by atoms with Gasteiger partial charge in [-0.3, -0.25) is 9.52 Å². The number of anilines is 2. The number of ketones is 1. The molecule has 1 saturated heterocycles. The van der Waals surface area contributed by atoms with Gasteiger partial charge in [0.25, 0.3) is 10.2 Å². The van der Waals surface area contributed by atoms with E-state index in [4.69, 9.17) is 10.9 Å². The van der Waals surface area contributed by atoms with Crippen LogP contribution in [0.1, 0.15) is 12.8 Å². The Hall–Kier alpha value is -3.03. The van der Waals surface area contributed by atoms with Crippen LogP contribution in [0.4, 0.5) is 26.2 Å². The molecule has 0 aromatic heterocycles. The lowest BCUT2D eigenvalue weighted by Crippen LogP contribution is -2.44. The molecule has 1 aliphatic rings. The summed E-state index contributed by atoms with van der Waals surface area (Å²) in [4.78, 5) is 30.8. The first-order valence-corrected chi connectivity index (χ1v) is 12.2. The van der Waals surface area contributed by atoms with Crippen molar-refractivity contribution in [1.29, 1.82) is 0 Å². The van der Waals surface area contributed by atoms with Crippen LogP contribution >= 0.6 is 15.9 Å². The number of rotatable bonds is 6. The Balaban J connectivity index is 1.53. The van der Waals surface area contributed by atoms with Crippen LogP contribution in [0, 0.1) is 11.7 Å². The number of carbonyl (C=O) groups excluding carboxylic acids is 2. The summed E-state index contributed by atoms with van der Waals surface area (Å²) in [5.41, 5.74) is 6.96. The van der Waals surface area contributed by atoms with E-state index in [0.717, 1.165) is 0 Å². The summed E-state index contributed by atoms with van der Waals surface area (Å²) >= 11 is 3.06. The number of halogens is 2. The van der Waals surface area contributed by atoms with E-state index in [2.05, 4.69) is 31.0 Å². The number of hydrogen-bond acceptors (Lipinski definition) is 5. The molecular weight excluding hydrogens is 519 g/mol. The third-order valence-electron chi connectivity index (χ3n) is 4.95. The Morgan fingerprint density at radius 2 is 1.70 bits per heavy atom. The van der Waals surface area contributed by atoms with Gasteiger partial charge in [-0.2, -0.15) is 8.42 Å². The first-order valence-electron chi connectivity index (χ1n) is 9.82. The molecule has 6 N–H and O–H groups in total. The lowest BCUT2D eigenvalue weighted by molar-refractivity contribution is -0.117. The van der Waals surface area contributed by atoms with E-state index in [1.54, 1.807) is 4.90 Å². The average Bonchev–Trinajstić information content (AvgIpc) is 2.76. The number of benzene rings is 2. The zero-order valence-electron chi connectivity index (χ0n) is 17.3. The van der Waals surface area contributed by atoms with Crippen molar-refractivity contribution in [2.75, 3.05) is 23.1 Å². The number of nitrogens with one attached hydrogen (secondary N) is 2. The number of amidine groups is 1. The highest BCUT2D eigenvalue weighted by atomic mass is 79.9. The Labute approximate surface area is 198 Å². The Morgan fingerprint density at radius 3 is 2.27 bits per heavy atom. The van der Waals surface area contributed by atoms with Crippen LogP contribution in [0.3, 0.4) is 0 Å². The second kappa shape index (κ2) is 10.3. The second-order valence-corrected chi connectivity index (χ2v) is 9.52. The molecule has 0 spiro atoms. The summed E-state index contributed by atoms with van der Waals surface area (Å²) in [6, 6.07) is 9.73. The van der Waals surface area contributed by atoms with E-state index in [1.807, 2.05) is 0 Å². The Kier molecular flexibility index (Phi) is 7.66. The quantitative estimate of drug-likeness (QED) is 0.326. The first kappa shape index (κ1) is 24.6. The number of nitrogens with two attached hydrogens (primary N) is 2. The Bertz CT molecular complexity index is 1180. The van der Waals surface area contributed by atoms with E-state index >= 15 is 0 Å². The number of carbonyl (C=O) groups is 2. The van der Waals surface area contributed by atoms with E-state index in [0.29, 0.717) is 37.3 Å². The standard InChI is InChI=1S/C20H22BrFN6O4S/c21-16-11-15(5-6-17(16)22)25-19(23)18(29)12-7-9-28(10-8-12)20(30)26-13-1-3-14(4-2-13)27-33(24,31)32/h1-6,11-12,27H,7-10H2,(H2,23,25)(H,26,30)(H2,24,31,32). The molecule has 0 bridgehead atoms. The molecule has 0 radical (unpaired) electrons. The van der Waals surface area contributed by atoms with Crippen molar-refractivity contribution in [3.63, 3.8) is 0 Å². The van der Waals surface area contributed by atoms with Gasteiger partial charge in [-0.05, 0) is 71.2 Å². The van der Waals surface area contributed by atoms with Gasteiger partial charge < -0.3 is 16.0 Å². The van der Waals surface area contributed by atoms with Crippen molar-refractivity contribution < 1.29 is 22.4 Å². The molecule has 176 valence electrons. The Morgan fingerprint density at radius 1 is 1.09 bits per heavy atom. The fraction of sp³-hybridized carbons (Fsp3) is 0.250. The molecule has 2 aromatic rings. The number of nitrogens with zero attached hydrogens (tertiary/aromatic N) is 2. The van der Waals surface area contributed by atoms with Crippen molar-refractivity contribution in [3.8, 4) is 0 Å². The molecule has 2 aromatic carbocycles. The number of Topliss-reactive ketones (excluding diaryl/α,β-unsaturated/α-hetero) is 1. The van der Waals surface area contributed by atoms with Gasteiger partial charge in [-0.15, -0.1) is 0 Å². The van der Waals surface area contributed by atoms with Crippen LogP contribution in [-0.4, -0.2) is 44.1 Å². The molecule has 1 fully saturated rings. The second-order valence-electron chi connectivity index (χ2n) is 7.38. The predicted octanol–water partition coefficient (Wildman–Crippen LogP) is 2.71. The van der Waals surface area contributed by atoms with Gasteiger partial charge in [0.2, 0.25) is 5.78 Å². The van der Waals surface area contributed by atoms with Crippen molar-refractivity contribution in [2.45, 2.75) is 12.8 Å². The van der Waals surface area contributed by atoms with Gasteiger partial charge in [-0.1, -0.05) is 0 Å². The zero-order valence-corrected chi connectivity index (χ0v) is 19.7. The highest BCUT2D eigenvalue weighted by Gasteiger charge is 2.29. The maximum Gasteiger partial charge on any atom is 0.321 e. The highest BCUT2D eigenvalue weighted by Crippen LogP contribution is 2.24. The van der Waals surface area contributed by atoms with Crippen LogP contribution in [0.15, 0.2) is 51.9 Å². The third-order valence-corrected chi connectivity index (χ3v) is 6.08. The van der Waals surface area contributed by atoms with E-state index < -0.39 is 16.0 Å². The van der Waals surface area contributed by atoms with E-state index in [9.17, 15) is 22.4 Å². The highest BCUT2D eigenvalue weighted by molar-refractivity contribution is 9.10. The molecular formula is C20H22BrFN6O4S. The maximum atomic E-state index is 13.3. The number of aliphatic imine (C=N–C) groups is 1. The smallest absolute Gasteiger partial charge is 0.321 e. The van der Waals surface area contributed by atoms with Crippen molar-refractivity contribution in [3.05, 3.63) is 52.8 Å². The van der Waals surface area contributed by atoms with Crippen molar-refractivity contribution in [1.82, 2.24) is 4.90 Å². The minimum Gasteiger partial charge on any atom is -0.381 e. The molecule has 0 saturated carbocycles. The maximum absolute atomic E-state index is 13.3. The molecule has 1 aliphatic heterocycles. The summed E-state index contributed by atoms with van der Waals surface area (Å²) < 4.78 is 37.8. The molecule has 10 nitrogen and oxygen atoms in total. The molecule has 0 atom stereocenters. The van der Waals surface area contributed by atoms with Gasteiger partial charge in [-0.25, -0.2) is 19.3 Å². The minimum atomic E-state index is -3.88. The molecule has 13 heteroatoms. The lowest BCUT2D eigenvalue weighted by Gasteiger charge is -2.31. The van der Waals surface area contributed by atoms with Gasteiger partial charge in [0, 0.05) is 30.4 Å². The number of amides is 2. The van der Waals surface area contributed by atoms with E-state index in [-0.39, 0.29) is 33.7 Å². The molecule has 1 heterocycles.